The lowest BCUT2D eigenvalue weighted by atomic mass is 9.92. The molecular weight excluding hydrogens is 406 g/mol. The van der Waals surface area contributed by atoms with E-state index >= 15 is 0 Å². The first-order valence-corrected chi connectivity index (χ1v) is 11.7. The molecule has 2 aromatic heterocycles. The molecule has 2 aliphatic heterocycles. The third-order valence-electron chi connectivity index (χ3n) is 6.66. The number of carbonyl (C=O) groups is 2. The van der Waals surface area contributed by atoms with Gasteiger partial charge >= 0.3 is 0 Å². The number of piperidine rings is 1. The number of nitrogens with zero attached hydrogens (tertiary/aromatic N) is 5. The molecule has 32 heavy (non-hydrogen) atoms. The summed E-state index contributed by atoms with van der Waals surface area (Å²) in [5, 5.41) is 4.03. The van der Waals surface area contributed by atoms with Crippen LogP contribution in [0.4, 0.5) is 5.82 Å². The molecule has 2 saturated heterocycles. The molecule has 4 rings (SSSR count). The Kier molecular flexibility index (Phi) is 7.07. The van der Waals surface area contributed by atoms with Crippen LogP contribution < -0.4 is 4.90 Å². The number of amides is 2. The highest BCUT2D eigenvalue weighted by atomic mass is 16.5. The fraction of sp³-hybridized carbons (Fsp3) is 0.583. The number of aryl methyl sites for hydroxylation is 2. The summed E-state index contributed by atoms with van der Waals surface area (Å²) in [6.07, 6.45) is 5.89. The molecule has 4 heterocycles. The van der Waals surface area contributed by atoms with Crippen molar-refractivity contribution in [2.75, 3.05) is 44.2 Å². The largest absolute Gasteiger partial charge is 0.361 e. The maximum absolute atomic E-state index is 13.1. The van der Waals surface area contributed by atoms with Gasteiger partial charge < -0.3 is 19.2 Å². The molecule has 2 aromatic rings. The van der Waals surface area contributed by atoms with Crippen molar-refractivity contribution in [2.45, 2.75) is 46.0 Å². The van der Waals surface area contributed by atoms with E-state index in [0.29, 0.717) is 36.6 Å². The molecule has 2 fully saturated rings. The number of hydrogen-bond acceptors (Lipinski definition) is 6. The van der Waals surface area contributed by atoms with Gasteiger partial charge in [-0.2, -0.15) is 0 Å². The number of carbonyl (C=O) groups excluding carboxylic acids is 2. The van der Waals surface area contributed by atoms with E-state index in [-0.39, 0.29) is 11.8 Å². The molecule has 0 saturated carbocycles. The number of aromatic nitrogens is 2. The Labute approximate surface area is 189 Å². The number of anilines is 1. The van der Waals surface area contributed by atoms with Crippen molar-refractivity contribution in [1.82, 2.24) is 19.9 Å². The van der Waals surface area contributed by atoms with Crippen LogP contribution in [-0.2, 0) is 11.2 Å². The van der Waals surface area contributed by atoms with Crippen molar-refractivity contribution in [3.8, 4) is 0 Å². The van der Waals surface area contributed by atoms with E-state index in [0.717, 1.165) is 63.5 Å². The van der Waals surface area contributed by atoms with Gasteiger partial charge in [0, 0.05) is 51.9 Å². The van der Waals surface area contributed by atoms with Gasteiger partial charge in [-0.25, -0.2) is 4.98 Å². The Hall–Kier alpha value is -2.90. The van der Waals surface area contributed by atoms with Crippen LogP contribution in [0.15, 0.2) is 28.9 Å². The predicted molar refractivity (Wildman–Crippen MR) is 122 cm³/mol. The van der Waals surface area contributed by atoms with E-state index < -0.39 is 0 Å². The number of pyridine rings is 1. The van der Waals surface area contributed by atoms with Crippen molar-refractivity contribution in [3.63, 3.8) is 0 Å². The molecule has 0 N–H and O–H groups in total. The molecule has 0 spiro atoms. The number of piperazine rings is 1. The van der Waals surface area contributed by atoms with E-state index in [1.165, 1.54) is 0 Å². The highest BCUT2D eigenvalue weighted by molar-refractivity contribution is 5.96. The molecule has 8 nitrogen and oxygen atoms in total. The Morgan fingerprint density at radius 1 is 1.12 bits per heavy atom. The number of hydrogen-bond donors (Lipinski definition) is 0. The van der Waals surface area contributed by atoms with Gasteiger partial charge in [-0.1, -0.05) is 18.1 Å². The zero-order valence-electron chi connectivity index (χ0n) is 19.1. The fourth-order valence-corrected chi connectivity index (χ4v) is 4.79. The molecule has 2 amide bonds. The third kappa shape index (κ3) is 4.95. The predicted octanol–water partition coefficient (Wildman–Crippen LogP) is 2.92. The van der Waals surface area contributed by atoms with Crippen molar-refractivity contribution >= 4 is 17.6 Å². The van der Waals surface area contributed by atoms with Gasteiger partial charge in [0.1, 0.15) is 17.1 Å². The molecule has 8 heteroatoms. The lowest BCUT2D eigenvalue weighted by molar-refractivity contribution is -0.131. The second-order valence-corrected chi connectivity index (χ2v) is 8.77. The fourth-order valence-electron chi connectivity index (χ4n) is 4.79. The molecule has 1 unspecified atom stereocenters. The second kappa shape index (κ2) is 10.1. The molecule has 1 atom stereocenters. The van der Waals surface area contributed by atoms with Crippen molar-refractivity contribution in [1.29, 1.82) is 0 Å². The van der Waals surface area contributed by atoms with Crippen LogP contribution >= 0.6 is 0 Å². The molecule has 0 radical (unpaired) electrons. The van der Waals surface area contributed by atoms with Crippen LogP contribution in [0.25, 0.3) is 0 Å². The van der Waals surface area contributed by atoms with Gasteiger partial charge in [-0.15, -0.1) is 0 Å². The minimum absolute atomic E-state index is 0.0160. The highest BCUT2D eigenvalue weighted by Crippen LogP contribution is 2.25. The van der Waals surface area contributed by atoms with E-state index in [9.17, 15) is 9.59 Å². The van der Waals surface area contributed by atoms with Crippen molar-refractivity contribution in [3.05, 3.63) is 41.4 Å². The van der Waals surface area contributed by atoms with E-state index in [1.807, 2.05) is 34.9 Å². The highest BCUT2D eigenvalue weighted by Gasteiger charge is 2.30. The molecule has 0 aliphatic carbocycles. The van der Waals surface area contributed by atoms with E-state index in [1.54, 1.807) is 13.1 Å². The van der Waals surface area contributed by atoms with Gasteiger partial charge in [-0.05, 0) is 50.7 Å². The van der Waals surface area contributed by atoms with Crippen LogP contribution in [-0.4, -0.2) is 71.0 Å². The van der Waals surface area contributed by atoms with E-state index in [4.69, 9.17) is 4.52 Å². The van der Waals surface area contributed by atoms with E-state index in [2.05, 4.69) is 15.0 Å². The molecular formula is C24H33N5O3. The first kappa shape index (κ1) is 22.3. The quantitative estimate of drug-likeness (QED) is 0.688. The zero-order valence-corrected chi connectivity index (χ0v) is 19.1. The van der Waals surface area contributed by atoms with Crippen molar-refractivity contribution < 1.29 is 14.1 Å². The molecule has 172 valence electrons. The summed E-state index contributed by atoms with van der Waals surface area (Å²) < 4.78 is 5.25. The van der Waals surface area contributed by atoms with Gasteiger partial charge in [-0.3, -0.25) is 9.59 Å². The minimum Gasteiger partial charge on any atom is -0.361 e. The summed E-state index contributed by atoms with van der Waals surface area (Å²) in [6, 6.07) is 5.92. The SMILES string of the molecule is CCc1noc(C)c1C(=O)N1CCCC(CCC(=O)N2CCN(c3ccccn3)CC2)C1. The smallest absolute Gasteiger partial charge is 0.259 e. The topological polar surface area (TPSA) is 82.8 Å². The summed E-state index contributed by atoms with van der Waals surface area (Å²) in [6.45, 7) is 8.33. The maximum Gasteiger partial charge on any atom is 0.259 e. The molecule has 0 aromatic carbocycles. The Morgan fingerprint density at radius 2 is 1.94 bits per heavy atom. The number of likely N-dealkylation sites (tertiary alicyclic amines) is 1. The first-order valence-electron chi connectivity index (χ1n) is 11.7. The monoisotopic (exact) mass is 439 g/mol. The maximum atomic E-state index is 13.1. The average Bonchev–Trinajstić information content (AvgIpc) is 3.23. The summed E-state index contributed by atoms with van der Waals surface area (Å²) in [4.78, 5) is 36.4. The zero-order chi connectivity index (χ0) is 22.5. The summed E-state index contributed by atoms with van der Waals surface area (Å²) >= 11 is 0. The van der Waals surface area contributed by atoms with Gasteiger partial charge in [0.2, 0.25) is 5.91 Å². The van der Waals surface area contributed by atoms with Crippen molar-refractivity contribution in [2.24, 2.45) is 5.92 Å². The van der Waals surface area contributed by atoms with Crippen LogP contribution in [0.1, 0.15) is 54.4 Å². The van der Waals surface area contributed by atoms with Crippen LogP contribution in [0.5, 0.6) is 0 Å². The Morgan fingerprint density at radius 3 is 2.66 bits per heavy atom. The average molecular weight is 440 g/mol. The first-order chi connectivity index (χ1) is 15.6. The van der Waals surface area contributed by atoms with Gasteiger partial charge in [0.15, 0.2) is 0 Å². The molecule has 2 aliphatic rings. The number of rotatable bonds is 6. The van der Waals surface area contributed by atoms with Gasteiger partial charge in [0.25, 0.3) is 5.91 Å². The summed E-state index contributed by atoms with van der Waals surface area (Å²) in [5.74, 6) is 2.16. The lowest BCUT2D eigenvalue weighted by Crippen LogP contribution is -2.49. The molecule has 0 bridgehead atoms. The summed E-state index contributed by atoms with van der Waals surface area (Å²) in [7, 11) is 0. The Balaban J connectivity index is 1.25. The van der Waals surface area contributed by atoms with Crippen LogP contribution in [0.3, 0.4) is 0 Å². The van der Waals surface area contributed by atoms with Crippen LogP contribution in [0.2, 0.25) is 0 Å². The normalized spacial score (nSPS) is 19.3. The summed E-state index contributed by atoms with van der Waals surface area (Å²) in [5.41, 5.74) is 1.35. The van der Waals surface area contributed by atoms with Crippen LogP contribution in [0, 0.1) is 12.8 Å². The Bertz CT molecular complexity index is 921. The standard InChI is InChI=1S/C24H33N5O3/c1-3-20-23(18(2)32-26-20)24(31)29-12-6-7-19(17-29)9-10-22(30)28-15-13-27(14-16-28)21-8-4-5-11-25-21/h4-5,8,11,19H,3,6-7,9-10,12-17H2,1-2H3. The minimum atomic E-state index is 0.0160. The van der Waals surface area contributed by atoms with Gasteiger partial charge in [0.05, 0.1) is 5.69 Å². The lowest BCUT2D eigenvalue weighted by Gasteiger charge is -2.36. The second-order valence-electron chi connectivity index (χ2n) is 8.77. The third-order valence-corrected chi connectivity index (χ3v) is 6.66.